The lowest BCUT2D eigenvalue weighted by atomic mass is 10.0. The largest absolute Gasteiger partial charge is 0.338 e. The summed E-state index contributed by atoms with van der Waals surface area (Å²) in [6.07, 6.45) is 0. The van der Waals surface area contributed by atoms with E-state index in [1.165, 1.54) is 0 Å². The van der Waals surface area contributed by atoms with Gasteiger partial charge in [-0.15, -0.1) is 0 Å². The number of rotatable bonds is 2. The third-order valence-electron chi connectivity index (χ3n) is 2.87. The van der Waals surface area contributed by atoms with Gasteiger partial charge in [0.1, 0.15) is 0 Å². The minimum Gasteiger partial charge on any atom is -0.338 e. The van der Waals surface area contributed by atoms with E-state index < -0.39 is 0 Å². The molecule has 3 N–H and O–H groups in total. The zero-order chi connectivity index (χ0) is 11.6. The Morgan fingerprint density at radius 1 is 1.33 bits per heavy atom. The average molecular weight is 213 g/mol. The number of hydrogen-bond acceptors (Lipinski definition) is 3. The van der Waals surface area contributed by atoms with Gasteiger partial charge in [-0.3, -0.25) is 4.79 Å². The van der Waals surface area contributed by atoms with E-state index >= 15 is 0 Å². The molecule has 4 heteroatoms. The maximum atomic E-state index is 12.0. The molecule has 2 unspecified atom stereocenters. The Hall–Kier alpha value is -0.610. The van der Waals surface area contributed by atoms with E-state index in [9.17, 15) is 4.79 Å². The van der Waals surface area contributed by atoms with E-state index in [-0.39, 0.29) is 17.9 Å². The number of nitrogens with zero attached hydrogens (tertiary/aromatic N) is 1. The van der Waals surface area contributed by atoms with Gasteiger partial charge in [0, 0.05) is 25.2 Å². The summed E-state index contributed by atoms with van der Waals surface area (Å²) in [5.74, 6) is 0.295. The molecular weight excluding hydrogens is 190 g/mol. The molecule has 0 aromatic heterocycles. The summed E-state index contributed by atoms with van der Waals surface area (Å²) in [6, 6.07) is 0.358. The van der Waals surface area contributed by atoms with Crippen LogP contribution in [-0.4, -0.2) is 42.0 Å². The first-order valence-electron chi connectivity index (χ1n) is 5.72. The summed E-state index contributed by atoms with van der Waals surface area (Å²) in [6.45, 7) is 9.69. The number of carbonyl (C=O) groups is 1. The molecule has 0 spiro atoms. The van der Waals surface area contributed by atoms with Crippen LogP contribution in [0.15, 0.2) is 0 Å². The second-order valence-electron chi connectivity index (χ2n) is 4.98. The first-order chi connectivity index (χ1) is 6.91. The van der Waals surface area contributed by atoms with Crippen LogP contribution in [0.1, 0.15) is 27.7 Å². The number of carbonyl (C=O) groups excluding carboxylic acids is 1. The van der Waals surface area contributed by atoms with Crippen molar-refractivity contribution in [2.24, 2.45) is 11.7 Å². The third-order valence-corrected chi connectivity index (χ3v) is 2.87. The second kappa shape index (κ2) is 4.94. The molecule has 0 saturated carbocycles. The molecule has 15 heavy (non-hydrogen) atoms. The summed E-state index contributed by atoms with van der Waals surface area (Å²) in [5.41, 5.74) is 5.87. The number of nitrogens with two attached hydrogens (primary N) is 1. The van der Waals surface area contributed by atoms with Gasteiger partial charge < -0.3 is 16.0 Å². The van der Waals surface area contributed by atoms with Crippen LogP contribution in [0.5, 0.6) is 0 Å². The number of amides is 1. The van der Waals surface area contributed by atoms with Crippen LogP contribution in [0.3, 0.4) is 0 Å². The van der Waals surface area contributed by atoms with Crippen molar-refractivity contribution in [3.63, 3.8) is 0 Å². The van der Waals surface area contributed by atoms with Crippen LogP contribution in [0.25, 0.3) is 0 Å². The van der Waals surface area contributed by atoms with Gasteiger partial charge in [-0.25, -0.2) is 0 Å². The highest BCUT2D eigenvalue weighted by molar-refractivity contribution is 5.82. The Morgan fingerprint density at radius 3 is 2.20 bits per heavy atom. The molecule has 1 fully saturated rings. The summed E-state index contributed by atoms with van der Waals surface area (Å²) in [4.78, 5) is 13.9. The lowest BCUT2D eigenvalue weighted by Gasteiger charge is -2.37. The molecule has 88 valence electrons. The van der Waals surface area contributed by atoms with Crippen LogP contribution in [-0.2, 0) is 4.79 Å². The highest BCUT2D eigenvalue weighted by Gasteiger charge is 2.29. The number of piperazine rings is 1. The summed E-state index contributed by atoms with van der Waals surface area (Å²) < 4.78 is 0. The van der Waals surface area contributed by atoms with Crippen molar-refractivity contribution in [1.82, 2.24) is 10.2 Å². The van der Waals surface area contributed by atoms with E-state index in [0.29, 0.717) is 12.1 Å². The van der Waals surface area contributed by atoms with Gasteiger partial charge in [-0.2, -0.15) is 0 Å². The molecule has 0 aliphatic carbocycles. The molecule has 0 aromatic carbocycles. The maximum absolute atomic E-state index is 12.0. The van der Waals surface area contributed by atoms with Gasteiger partial charge in [-0.05, 0) is 19.8 Å². The van der Waals surface area contributed by atoms with Crippen molar-refractivity contribution >= 4 is 5.91 Å². The summed E-state index contributed by atoms with van der Waals surface area (Å²) >= 11 is 0. The van der Waals surface area contributed by atoms with Crippen LogP contribution >= 0.6 is 0 Å². The molecule has 1 amide bonds. The molecule has 4 nitrogen and oxygen atoms in total. The number of hydrogen-bond donors (Lipinski definition) is 2. The fourth-order valence-corrected chi connectivity index (χ4v) is 2.00. The minimum atomic E-state index is -0.359. The maximum Gasteiger partial charge on any atom is 0.239 e. The number of nitrogens with one attached hydrogen (secondary N) is 1. The fraction of sp³-hybridized carbons (Fsp3) is 0.909. The van der Waals surface area contributed by atoms with Gasteiger partial charge >= 0.3 is 0 Å². The second-order valence-corrected chi connectivity index (χ2v) is 4.98. The van der Waals surface area contributed by atoms with Crippen LogP contribution in [0, 0.1) is 5.92 Å². The van der Waals surface area contributed by atoms with Crippen molar-refractivity contribution in [2.75, 3.05) is 13.1 Å². The monoisotopic (exact) mass is 213 g/mol. The van der Waals surface area contributed by atoms with Gasteiger partial charge in [0.25, 0.3) is 0 Å². The quantitative estimate of drug-likeness (QED) is 0.688. The van der Waals surface area contributed by atoms with Crippen LogP contribution < -0.4 is 11.1 Å². The lowest BCUT2D eigenvalue weighted by molar-refractivity contribution is -0.135. The van der Waals surface area contributed by atoms with Crippen molar-refractivity contribution < 1.29 is 4.79 Å². The van der Waals surface area contributed by atoms with Gasteiger partial charge in [0.05, 0.1) is 6.04 Å². The Bertz CT molecular complexity index is 220. The zero-order valence-electron chi connectivity index (χ0n) is 10.2. The van der Waals surface area contributed by atoms with Gasteiger partial charge in [0.2, 0.25) is 5.91 Å². The summed E-state index contributed by atoms with van der Waals surface area (Å²) in [7, 11) is 0. The Kier molecular flexibility index (Phi) is 4.11. The Balaban J connectivity index is 2.59. The molecule has 1 aliphatic rings. The molecular formula is C11H23N3O. The molecule has 0 bridgehead atoms. The van der Waals surface area contributed by atoms with Crippen molar-refractivity contribution in [3.05, 3.63) is 0 Å². The third kappa shape index (κ3) is 3.18. The predicted octanol–water partition coefficient (Wildman–Crippen LogP) is 0.179. The normalized spacial score (nSPS) is 29.3. The molecule has 1 heterocycles. The Morgan fingerprint density at radius 2 is 1.80 bits per heavy atom. The Labute approximate surface area is 92.2 Å². The van der Waals surface area contributed by atoms with E-state index in [1.54, 1.807) is 0 Å². The van der Waals surface area contributed by atoms with E-state index in [2.05, 4.69) is 19.2 Å². The van der Waals surface area contributed by atoms with Gasteiger partial charge in [-0.1, -0.05) is 13.8 Å². The molecule has 1 aliphatic heterocycles. The standard InChI is InChI=1S/C11H23N3O/c1-7(2)10(12)11(15)14-5-8(3)13-9(4)6-14/h7-10,13H,5-6,12H2,1-4H3/t8?,9?,10-/m1/s1. The van der Waals surface area contributed by atoms with E-state index in [1.807, 2.05) is 18.7 Å². The highest BCUT2D eigenvalue weighted by Crippen LogP contribution is 2.09. The smallest absolute Gasteiger partial charge is 0.239 e. The lowest BCUT2D eigenvalue weighted by Crippen LogP contribution is -2.59. The molecule has 1 rings (SSSR count). The van der Waals surface area contributed by atoms with Crippen molar-refractivity contribution in [3.8, 4) is 0 Å². The SMILES string of the molecule is CC1CN(C(=O)[C@H](N)C(C)C)CC(C)N1. The molecule has 0 radical (unpaired) electrons. The predicted molar refractivity (Wildman–Crippen MR) is 61.5 cm³/mol. The van der Waals surface area contributed by atoms with Gasteiger partial charge in [0.15, 0.2) is 0 Å². The highest BCUT2D eigenvalue weighted by atomic mass is 16.2. The fourth-order valence-electron chi connectivity index (χ4n) is 2.00. The molecule has 1 saturated heterocycles. The molecule has 0 aromatic rings. The van der Waals surface area contributed by atoms with Crippen molar-refractivity contribution in [1.29, 1.82) is 0 Å². The van der Waals surface area contributed by atoms with Crippen LogP contribution in [0.2, 0.25) is 0 Å². The van der Waals surface area contributed by atoms with E-state index in [4.69, 9.17) is 5.73 Å². The first-order valence-corrected chi connectivity index (χ1v) is 5.72. The topological polar surface area (TPSA) is 58.4 Å². The molecule has 3 atom stereocenters. The summed E-state index contributed by atoms with van der Waals surface area (Å²) in [5, 5.41) is 3.40. The van der Waals surface area contributed by atoms with Crippen LogP contribution in [0.4, 0.5) is 0 Å². The minimum absolute atomic E-state index is 0.0881. The van der Waals surface area contributed by atoms with E-state index in [0.717, 1.165) is 13.1 Å². The van der Waals surface area contributed by atoms with Crippen molar-refractivity contribution in [2.45, 2.75) is 45.8 Å². The average Bonchev–Trinajstić information content (AvgIpc) is 2.13. The zero-order valence-corrected chi connectivity index (χ0v) is 10.2. The first kappa shape index (κ1) is 12.5.